The Hall–Kier alpha value is -3.16. The maximum atomic E-state index is 13.0. The van der Waals surface area contributed by atoms with E-state index in [1.165, 1.54) is 26.4 Å². The van der Waals surface area contributed by atoms with Gasteiger partial charge in [-0.25, -0.2) is 0 Å². The summed E-state index contributed by atoms with van der Waals surface area (Å²) in [6.45, 7) is 3.62. The molecule has 1 heterocycles. The van der Waals surface area contributed by atoms with Crippen molar-refractivity contribution in [2.24, 2.45) is 0 Å². The van der Waals surface area contributed by atoms with Gasteiger partial charge in [0.05, 0.1) is 14.2 Å². The summed E-state index contributed by atoms with van der Waals surface area (Å²) in [5.74, 6) is -1.22. The SMILES string of the molecule is C=C1c2c(cc(OC)c(OC)c2-c2ccc(O)cc2)CCN1C(=O)C(F)(F)F. The fourth-order valence-corrected chi connectivity index (χ4v) is 3.36. The average Bonchev–Trinajstić information content (AvgIpc) is 2.66. The summed E-state index contributed by atoms with van der Waals surface area (Å²) in [5.41, 5.74) is 2.03. The number of aromatic hydroxyl groups is 1. The third-order valence-corrected chi connectivity index (χ3v) is 4.61. The molecule has 0 aromatic heterocycles. The van der Waals surface area contributed by atoms with Crippen LogP contribution in [0.2, 0.25) is 0 Å². The van der Waals surface area contributed by atoms with E-state index >= 15 is 0 Å². The first-order valence-electron chi connectivity index (χ1n) is 8.34. The number of nitrogens with zero attached hydrogens (tertiary/aromatic N) is 1. The molecule has 0 saturated heterocycles. The number of alkyl halides is 3. The van der Waals surface area contributed by atoms with Crippen LogP contribution in [0.5, 0.6) is 17.2 Å². The van der Waals surface area contributed by atoms with E-state index < -0.39 is 12.1 Å². The first kappa shape index (κ1) is 19.6. The number of methoxy groups -OCH3 is 2. The third kappa shape index (κ3) is 3.26. The van der Waals surface area contributed by atoms with E-state index in [9.17, 15) is 23.1 Å². The highest BCUT2D eigenvalue weighted by Crippen LogP contribution is 2.47. The molecule has 1 aliphatic rings. The molecule has 8 heteroatoms. The number of fused-ring (bicyclic) bond motifs is 1. The summed E-state index contributed by atoms with van der Waals surface area (Å²) >= 11 is 0. The standard InChI is InChI=1S/C20H18F3NO4/c1-11-16-13(8-9-24(11)19(26)20(21,22)23)10-15(27-2)18(28-3)17(16)12-4-6-14(25)7-5-12/h4-7,10,25H,1,8-9H2,2-3H3. The lowest BCUT2D eigenvalue weighted by Crippen LogP contribution is -2.42. The van der Waals surface area contributed by atoms with Gasteiger partial charge < -0.3 is 19.5 Å². The Labute approximate surface area is 159 Å². The minimum absolute atomic E-state index is 0.0344. The highest BCUT2D eigenvalue weighted by molar-refractivity contribution is 5.96. The molecule has 1 N–H and O–H groups in total. The number of carbonyl (C=O) groups is 1. The van der Waals surface area contributed by atoms with Gasteiger partial charge in [0.25, 0.3) is 0 Å². The van der Waals surface area contributed by atoms with Gasteiger partial charge in [0.15, 0.2) is 11.5 Å². The highest BCUT2D eigenvalue weighted by atomic mass is 19.4. The fourth-order valence-electron chi connectivity index (χ4n) is 3.36. The zero-order valence-corrected chi connectivity index (χ0v) is 15.3. The van der Waals surface area contributed by atoms with Crippen LogP contribution in [0.4, 0.5) is 13.2 Å². The number of rotatable bonds is 3. The monoisotopic (exact) mass is 393 g/mol. The van der Waals surface area contributed by atoms with Crippen molar-refractivity contribution in [1.29, 1.82) is 0 Å². The molecule has 0 bridgehead atoms. The van der Waals surface area contributed by atoms with Crippen LogP contribution in [0.3, 0.4) is 0 Å². The minimum Gasteiger partial charge on any atom is -0.508 e. The normalized spacial score (nSPS) is 13.9. The molecule has 0 fully saturated rings. The first-order valence-corrected chi connectivity index (χ1v) is 8.34. The van der Waals surface area contributed by atoms with E-state index in [0.29, 0.717) is 38.7 Å². The number of hydrogen-bond acceptors (Lipinski definition) is 4. The molecule has 2 aromatic carbocycles. The first-order chi connectivity index (χ1) is 13.2. The van der Waals surface area contributed by atoms with E-state index in [4.69, 9.17) is 9.47 Å². The smallest absolute Gasteiger partial charge is 0.471 e. The van der Waals surface area contributed by atoms with Crippen molar-refractivity contribution in [3.8, 4) is 28.4 Å². The summed E-state index contributed by atoms with van der Waals surface area (Å²) in [7, 11) is 2.88. The van der Waals surface area contributed by atoms with Gasteiger partial charge in [0.1, 0.15) is 5.75 Å². The number of halogens is 3. The summed E-state index contributed by atoms with van der Waals surface area (Å²) in [6.07, 6.45) is -4.81. The molecule has 3 rings (SSSR count). The number of benzene rings is 2. The van der Waals surface area contributed by atoms with Gasteiger partial charge in [-0.3, -0.25) is 4.79 Å². The van der Waals surface area contributed by atoms with Gasteiger partial charge in [-0.05, 0) is 35.7 Å². The molecule has 0 atom stereocenters. The molecule has 1 amide bonds. The molecule has 1 aliphatic heterocycles. The van der Waals surface area contributed by atoms with Crippen molar-refractivity contribution in [2.45, 2.75) is 12.6 Å². The van der Waals surface area contributed by atoms with Gasteiger partial charge in [0, 0.05) is 23.4 Å². The van der Waals surface area contributed by atoms with E-state index in [1.807, 2.05) is 0 Å². The quantitative estimate of drug-likeness (QED) is 0.857. The third-order valence-electron chi connectivity index (χ3n) is 4.61. The maximum Gasteiger partial charge on any atom is 0.471 e. The average molecular weight is 393 g/mol. The van der Waals surface area contributed by atoms with Crippen molar-refractivity contribution in [3.05, 3.63) is 48.0 Å². The van der Waals surface area contributed by atoms with Crippen LogP contribution >= 0.6 is 0 Å². The lowest BCUT2D eigenvalue weighted by atomic mass is 9.87. The Morgan fingerprint density at radius 1 is 1.14 bits per heavy atom. The van der Waals surface area contributed by atoms with Gasteiger partial charge in [-0.1, -0.05) is 18.7 Å². The molecule has 2 aromatic rings. The van der Waals surface area contributed by atoms with Crippen molar-refractivity contribution < 1.29 is 32.5 Å². The van der Waals surface area contributed by atoms with Crippen LogP contribution in [0.15, 0.2) is 36.9 Å². The van der Waals surface area contributed by atoms with E-state index in [2.05, 4.69) is 6.58 Å². The summed E-state index contributed by atoms with van der Waals surface area (Å²) in [4.78, 5) is 12.5. The van der Waals surface area contributed by atoms with E-state index in [1.54, 1.807) is 18.2 Å². The van der Waals surface area contributed by atoms with Crippen LogP contribution in [0.25, 0.3) is 16.8 Å². The molecule has 0 aliphatic carbocycles. The largest absolute Gasteiger partial charge is 0.508 e. The molecule has 28 heavy (non-hydrogen) atoms. The lowest BCUT2D eigenvalue weighted by molar-refractivity contribution is -0.181. The fraction of sp³-hybridized carbons (Fsp3) is 0.250. The van der Waals surface area contributed by atoms with Gasteiger partial charge in [-0.2, -0.15) is 13.2 Å². The van der Waals surface area contributed by atoms with Gasteiger partial charge in [0.2, 0.25) is 0 Å². The van der Waals surface area contributed by atoms with E-state index in [0.717, 1.165) is 0 Å². The van der Waals surface area contributed by atoms with Gasteiger partial charge in [-0.15, -0.1) is 0 Å². The predicted molar refractivity (Wildman–Crippen MR) is 97.2 cm³/mol. The number of phenols is 1. The van der Waals surface area contributed by atoms with Crippen LogP contribution in [-0.2, 0) is 11.2 Å². The Morgan fingerprint density at radius 3 is 2.32 bits per heavy atom. The Kier molecular flexibility index (Phi) is 4.97. The second kappa shape index (κ2) is 7.10. The lowest BCUT2D eigenvalue weighted by Gasteiger charge is -2.34. The molecular formula is C20H18F3NO4. The maximum absolute atomic E-state index is 13.0. The second-order valence-electron chi connectivity index (χ2n) is 6.22. The van der Waals surface area contributed by atoms with Crippen LogP contribution < -0.4 is 9.47 Å². The molecule has 5 nitrogen and oxygen atoms in total. The van der Waals surface area contributed by atoms with Crippen molar-refractivity contribution >= 4 is 11.6 Å². The number of carbonyl (C=O) groups excluding carboxylic acids is 1. The number of amides is 1. The summed E-state index contributed by atoms with van der Waals surface area (Å²) < 4.78 is 49.9. The molecule has 0 saturated carbocycles. The molecule has 0 unspecified atom stereocenters. The van der Waals surface area contributed by atoms with Crippen LogP contribution in [-0.4, -0.2) is 42.9 Å². The Bertz CT molecular complexity index is 936. The van der Waals surface area contributed by atoms with Crippen molar-refractivity contribution in [1.82, 2.24) is 4.90 Å². The topological polar surface area (TPSA) is 59.0 Å². The summed E-state index contributed by atoms with van der Waals surface area (Å²) in [6, 6.07) is 7.78. The Balaban J connectivity index is 2.26. The highest BCUT2D eigenvalue weighted by Gasteiger charge is 2.45. The minimum atomic E-state index is -5.00. The van der Waals surface area contributed by atoms with Gasteiger partial charge >= 0.3 is 12.1 Å². The zero-order chi connectivity index (χ0) is 20.6. The van der Waals surface area contributed by atoms with Crippen LogP contribution in [0, 0.1) is 0 Å². The van der Waals surface area contributed by atoms with Crippen LogP contribution in [0.1, 0.15) is 11.1 Å². The molecule has 0 spiro atoms. The van der Waals surface area contributed by atoms with Crippen molar-refractivity contribution in [3.63, 3.8) is 0 Å². The predicted octanol–water partition coefficient (Wildman–Crippen LogP) is 3.99. The molecule has 0 radical (unpaired) electrons. The number of phenolic OH excluding ortho intramolecular Hbond substituents is 1. The number of hydrogen-bond donors (Lipinski definition) is 1. The summed E-state index contributed by atoms with van der Waals surface area (Å²) in [5, 5.41) is 9.57. The second-order valence-corrected chi connectivity index (χ2v) is 6.22. The van der Waals surface area contributed by atoms with Crippen molar-refractivity contribution in [2.75, 3.05) is 20.8 Å². The molecular weight excluding hydrogens is 375 g/mol. The number of ether oxygens (including phenoxy) is 2. The molecule has 148 valence electrons. The zero-order valence-electron chi connectivity index (χ0n) is 15.3. The Morgan fingerprint density at radius 2 is 1.79 bits per heavy atom. The van der Waals surface area contributed by atoms with E-state index in [-0.39, 0.29) is 24.4 Å².